The van der Waals surface area contributed by atoms with Crippen LogP contribution in [0, 0.1) is 10.1 Å². The van der Waals surface area contributed by atoms with Gasteiger partial charge in [-0.05, 0) is 56.2 Å². The van der Waals surface area contributed by atoms with Gasteiger partial charge in [-0.25, -0.2) is 13.2 Å². The lowest BCUT2D eigenvalue weighted by Crippen LogP contribution is -2.41. The second-order valence-corrected chi connectivity index (χ2v) is 9.18. The summed E-state index contributed by atoms with van der Waals surface area (Å²) in [5.41, 5.74) is 0.139. The Balaban J connectivity index is 1.62. The zero-order chi connectivity index (χ0) is 22.6. The first-order valence-corrected chi connectivity index (χ1v) is 11.2. The Kier molecular flexibility index (Phi) is 6.81. The molecular formula is C21H22N2O7S. The maximum atomic E-state index is 12.8. The van der Waals surface area contributed by atoms with Gasteiger partial charge in [0.05, 0.1) is 15.4 Å². The minimum atomic E-state index is -3.65. The second kappa shape index (κ2) is 9.36. The molecule has 2 aromatic carbocycles. The van der Waals surface area contributed by atoms with Crippen molar-refractivity contribution in [3.63, 3.8) is 0 Å². The average Bonchev–Trinajstić information content (AvgIpc) is 2.77. The third kappa shape index (κ3) is 5.15. The zero-order valence-electron chi connectivity index (χ0n) is 16.9. The molecule has 0 unspecified atom stereocenters. The van der Waals surface area contributed by atoms with Gasteiger partial charge in [-0.1, -0.05) is 6.42 Å². The molecule has 0 aromatic heterocycles. The summed E-state index contributed by atoms with van der Waals surface area (Å²) in [6, 6.07) is 10.3. The van der Waals surface area contributed by atoms with E-state index in [1.807, 2.05) is 6.92 Å². The Labute approximate surface area is 179 Å². The summed E-state index contributed by atoms with van der Waals surface area (Å²) in [5.74, 6) is -1.29. The molecule has 1 aliphatic heterocycles. The van der Waals surface area contributed by atoms with E-state index in [1.54, 1.807) is 0 Å². The smallest absolute Gasteiger partial charge is 0.338 e. The molecule has 1 saturated heterocycles. The van der Waals surface area contributed by atoms with Crippen LogP contribution in [0.3, 0.4) is 0 Å². The summed E-state index contributed by atoms with van der Waals surface area (Å²) in [6.07, 6.45) is 2.62. The molecule has 10 heteroatoms. The summed E-state index contributed by atoms with van der Waals surface area (Å²) < 4.78 is 32.2. The van der Waals surface area contributed by atoms with Crippen LogP contribution in [0.2, 0.25) is 0 Å². The second-order valence-electron chi connectivity index (χ2n) is 7.29. The van der Waals surface area contributed by atoms with Crippen molar-refractivity contribution in [2.75, 3.05) is 13.2 Å². The predicted molar refractivity (Wildman–Crippen MR) is 111 cm³/mol. The van der Waals surface area contributed by atoms with Crippen molar-refractivity contribution in [1.29, 1.82) is 0 Å². The van der Waals surface area contributed by atoms with Crippen LogP contribution in [0.5, 0.6) is 0 Å². The Morgan fingerprint density at radius 2 is 1.68 bits per heavy atom. The first-order valence-electron chi connectivity index (χ1n) is 9.77. The maximum Gasteiger partial charge on any atom is 0.338 e. The summed E-state index contributed by atoms with van der Waals surface area (Å²) >= 11 is 0. The minimum Gasteiger partial charge on any atom is -0.454 e. The SMILES string of the molecule is C[C@@H]1CCCCN1S(=O)(=O)c1ccc(C(=O)OCC(=O)c2ccc([N+](=O)[O-])cc2)cc1. The van der Waals surface area contributed by atoms with Crippen LogP contribution < -0.4 is 0 Å². The third-order valence-corrected chi connectivity index (χ3v) is 7.20. The van der Waals surface area contributed by atoms with Crippen LogP contribution in [-0.4, -0.2) is 48.6 Å². The van der Waals surface area contributed by atoms with E-state index in [2.05, 4.69) is 0 Å². The minimum absolute atomic E-state index is 0.0752. The normalized spacial score (nSPS) is 17.1. The van der Waals surface area contributed by atoms with E-state index in [-0.39, 0.29) is 27.8 Å². The monoisotopic (exact) mass is 446 g/mol. The molecule has 0 amide bonds. The van der Waals surface area contributed by atoms with E-state index in [4.69, 9.17) is 4.74 Å². The summed E-state index contributed by atoms with van der Waals surface area (Å²) in [7, 11) is -3.65. The molecule has 1 fully saturated rings. The van der Waals surface area contributed by atoms with Gasteiger partial charge in [-0.15, -0.1) is 0 Å². The number of esters is 1. The Morgan fingerprint density at radius 3 is 2.26 bits per heavy atom. The van der Waals surface area contributed by atoms with Gasteiger partial charge in [0.15, 0.2) is 12.4 Å². The van der Waals surface area contributed by atoms with Gasteiger partial charge in [-0.3, -0.25) is 14.9 Å². The molecule has 1 atom stereocenters. The summed E-state index contributed by atoms with van der Waals surface area (Å²) in [6.45, 7) is 1.81. The van der Waals surface area contributed by atoms with Crippen molar-refractivity contribution in [2.45, 2.75) is 37.1 Å². The molecule has 0 spiro atoms. The zero-order valence-corrected chi connectivity index (χ0v) is 17.7. The Morgan fingerprint density at radius 1 is 1.06 bits per heavy atom. The van der Waals surface area contributed by atoms with E-state index in [1.165, 1.54) is 52.8 Å². The third-order valence-electron chi connectivity index (χ3n) is 5.17. The molecule has 31 heavy (non-hydrogen) atoms. The van der Waals surface area contributed by atoms with Gasteiger partial charge in [0.25, 0.3) is 5.69 Å². The van der Waals surface area contributed by atoms with Crippen LogP contribution >= 0.6 is 0 Å². The lowest BCUT2D eigenvalue weighted by atomic mass is 10.1. The first kappa shape index (κ1) is 22.6. The molecule has 0 radical (unpaired) electrons. The number of rotatable bonds is 7. The molecule has 0 N–H and O–H groups in total. The van der Waals surface area contributed by atoms with Crippen LogP contribution in [0.15, 0.2) is 53.4 Å². The average molecular weight is 446 g/mol. The number of nitro groups is 1. The fourth-order valence-electron chi connectivity index (χ4n) is 3.39. The van der Waals surface area contributed by atoms with E-state index in [9.17, 15) is 28.1 Å². The van der Waals surface area contributed by atoms with E-state index in [0.29, 0.717) is 6.54 Å². The number of non-ortho nitro benzene ring substituents is 1. The number of carbonyl (C=O) groups is 2. The van der Waals surface area contributed by atoms with Crippen molar-refractivity contribution >= 4 is 27.5 Å². The van der Waals surface area contributed by atoms with Crippen molar-refractivity contribution in [1.82, 2.24) is 4.31 Å². The molecule has 0 saturated carbocycles. The van der Waals surface area contributed by atoms with Gasteiger partial charge in [0.1, 0.15) is 0 Å². The van der Waals surface area contributed by atoms with Gasteiger partial charge in [0, 0.05) is 30.3 Å². The number of ether oxygens (including phenoxy) is 1. The number of sulfonamides is 1. The number of hydrogen-bond donors (Lipinski definition) is 0. The highest BCUT2D eigenvalue weighted by Gasteiger charge is 2.31. The molecule has 1 aliphatic rings. The van der Waals surface area contributed by atoms with E-state index in [0.717, 1.165) is 19.3 Å². The van der Waals surface area contributed by atoms with Crippen LogP contribution in [-0.2, 0) is 14.8 Å². The van der Waals surface area contributed by atoms with Crippen LogP contribution in [0.1, 0.15) is 46.9 Å². The number of benzene rings is 2. The highest BCUT2D eigenvalue weighted by atomic mass is 32.2. The van der Waals surface area contributed by atoms with Crippen molar-refractivity contribution in [2.24, 2.45) is 0 Å². The molecule has 1 heterocycles. The molecular weight excluding hydrogens is 424 g/mol. The highest BCUT2D eigenvalue weighted by molar-refractivity contribution is 7.89. The number of ketones is 1. The highest BCUT2D eigenvalue weighted by Crippen LogP contribution is 2.25. The molecule has 2 aromatic rings. The van der Waals surface area contributed by atoms with E-state index < -0.39 is 33.3 Å². The molecule has 3 rings (SSSR count). The number of nitrogens with zero attached hydrogens (tertiary/aromatic N) is 2. The molecule has 0 aliphatic carbocycles. The quantitative estimate of drug-likeness (QED) is 0.277. The van der Waals surface area contributed by atoms with Gasteiger partial charge >= 0.3 is 5.97 Å². The maximum absolute atomic E-state index is 12.8. The Bertz CT molecular complexity index is 1080. The number of piperidine rings is 1. The lowest BCUT2D eigenvalue weighted by molar-refractivity contribution is -0.384. The van der Waals surface area contributed by atoms with E-state index >= 15 is 0 Å². The van der Waals surface area contributed by atoms with Crippen molar-refractivity contribution < 1.29 is 27.7 Å². The molecule has 0 bridgehead atoms. The Hall–Kier alpha value is -3.11. The standard InChI is InChI=1S/C21H22N2O7S/c1-15-4-2-3-13-22(15)31(28,29)19-11-7-17(8-12-19)21(25)30-14-20(24)16-5-9-18(10-6-16)23(26)27/h5-12,15H,2-4,13-14H2,1H3/t15-/m1/s1. The summed E-state index contributed by atoms with van der Waals surface area (Å²) in [5, 5.41) is 10.7. The number of nitro benzene ring substituents is 1. The largest absolute Gasteiger partial charge is 0.454 e. The number of hydrogen-bond acceptors (Lipinski definition) is 7. The van der Waals surface area contributed by atoms with Crippen molar-refractivity contribution in [3.8, 4) is 0 Å². The first-order chi connectivity index (χ1) is 14.7. The topological polar surface area (TPSA) is 124 Å². The van der Waals surface area contributed by atoms with Gasteiger partial charge < -0.3 is 4.74 Å². The predicted octanol–water partition coefficient (Wildman–Crippen LogP) is 3.20. The molecule has 9 nitrogen and oxygen atoms in total. The van der Waals surface area contributed by atoms with Gasteiger partial charge in [0.2, 0.25) is 10.0 Å². The summed E-state index contributed by atoms with van der Waals surface area (Å²) in [4.78, 5) is 34.5. The van der Waals surface area contributed by atoms with Gasteiger partial charge in [-0.2, -0.15) is 4.31 Å². The van der Waals surface area contributed by atoms with Crippen LogP contribution in [0.25, 0.3) is 0 Å². The van der Waals surface area contributed by atoms with Crippen molar-refractivity contribution in [3.05, 3.63) is 69.8 Å². The number of carbonyl (C=O) groups excluding carboxylic acids is 2. The lowest BCUT2D eigenvalue weighted by Gasteiger charge is -2.32. The fraction of sp³-hybridized carbons (Fsp3) is 0.333. The number of Topliss-reactive ketones (excluding diaryl/α,β-unsaturated/α-hetero) is 1. The molecule has 164 valence electrons. The van der Waals surface area contributed by atoms with Crippen LogP contribution in [0.4, 0.5) is 5.69 Å². The fourth-order valence-corrected chi connectivity index (χ4v) is 5.09.